The molecule has 0 bridgehead atoms. The van der Waals surface area contributed by atoms with Crippen LogP contribution >= 0.6 is 11.3 Å². The molecule has 0 saturated carbocycles. The van der Waals surface area contributed by atoms with Crippen LogP contribution in [0, 0.1) is 19.7 Å². The lowest BCUT2D eigenvalue weighted by molar-refractivity contribution is 0.478. The van der Waals surface area contributed by atoms with E-state index in [1.807, 2.05) is 19.1 Å². The van der Waals surface area contributed by atoms with Crippen LogP contribution < -0.4 is 10.6 Å². The second-order valence-corrected chi connectivity index (χ2v) is 7.71. The van der Waals surface area contributed by atoms with Gasteiger partial charge in [0, 0.05) is 16.5 Å². The number of aryl methyl sites for hydroxylation is 2. The second-order valence-electron chi connectivity index (χ2n) is 6.51. The van der Waals surface area contributed by atoms with Gasteiger partial charge in [-0.15, -0.1) is 11.3 Å². The molecule has 1 saturated heterocycles. The van der Waals surface area contributed by atoms with Gasteiger partial charge in [-0.05, 0) is 57.5 Å². The lowest BCUT2D eigenvalue weighted by atomic mass is 10.0. The molecule has 0 aliphatic carbocycles. The van der Waals surface area contributed by atoms with E-state index in [0.717, 1.165) is 58.9 Å². The maximum atomic E-state index is 13.3. The van der Waals surface area contributed by atoms with Crippen molar-refractivity contribution in [2.45, 2.75) is 32.7 Å². The molecule has 1 aliphatic heterocycles. The van der Waals surface area contributed by atoms with E-state index in [4.69, 9.17) is 4.98 Å². The largest absolute Gasteiger partial charge is 0.367 e. The number of aromatic nitrogens is 2. The minimum atomic E-state index is -0.221. The third kappa shape index (κ3) is 3.24. The van der Waals surface area contributed by atoms with Crippen molar-refractivity contribution in [1.82, 2.24) is 15.3 Å². The average Bonchev–Trinajstić information content (AvgIpc) is 2.92. The summed E-state index contributed by atoms with van der Waals surface area (Å²) in [5.41, 5.74) is 2.11. The molecule has 1 aromatic carbocycles. The molecule has 25 heavy (non-hydrogen) atoms. The van der Waals surface area contributed by atoms with Gasteiger partial charge < -0.3 is 10.6 Å². The summed E-state index contributed by atoms with van der Waals surface area (Å²) in [5, 5.41) is 8.08. The van der Waals surface area contributed by atoms with Crippen LogP contribution in [0.2, 0.25) is 0 Å². The molecule has 3 heterocycles. The number of nitrogens with one attached hydrogen (secondary N) is 2. The topological polar surface area (TPSA) is 49.8 Å². The van der Waals surface area contributed by atoms with Crippen LogP contribution in [0.4, 0.5) is 10.2 Å². The molecule has 0 atom stereocenters. The van der Waals surface area contributed by atoms with Crippen molar-refractivity contribution < 1.29 is 4.39 Å². The first kappa shape index (κ1) is 16.4. The number of nitrogens with zero attached hydrogens (tertiary/aromatic N) is 2. The third-order valence-electron chi connectivity index (χ3n) is 4.65. The molecule has 4 nitrogen and oxygen atoms in total. The Balaban J connectivity index is 1.85. The van der Waals surface area contributed by atoms with E-state index in [0.29, 0.717) is 6.04 Å². The average molecular weight is 356 g/mol. The monoisotopic (exact) mass is 356 g/mol. The number of benzene rings is 1. The smallest absolute Gasteiger partial charge is 0.139 e. The molecule has 0 spiro atoms. The van der Waals surface area contributed by atoms with Gasteiger partial charge in [-0.2, -0.15) is 0 Å². The molecule has 1 aliphatic rings. The maximum Gasteiger partial charge on any atom is 0.139 e. The quantitative estimate of drug-likeness (QED) is 0.735. The van der Waals surface area contributed by atoms with Crippen molar-refractivity contribution in [3.63, 3.8) is 0 Å². The Morgan fingerprint density at radius 2 is 1.84 bits per heavy atom. The van der Waals surface area contributed by atoms with Gasteiger partial charge >= 0.3 is 0 Å². The zero-order chi connectivity index (χ0) is 17.4. The van der Waals surface area contributed by atoms with E-state index in [2.05, 4.69) is 22.5 Å². The number of thiophene rings is 1. The summed E-state index contributed by atoms with van der Waals surface area (Å²) in [5.74, 6) is 1.45. The van der Waals surface area contributed by atoms with Crippen molar-refractivity contribution >= 4 is 27.4 Å². The highest BCUT2D eigenvalue weighted by molar-refractivity contribution is 7.19. The molecule has 0 unspecified atom stereocenters. The number of rotatable bonds is 3. The highest BCUT2D eigenvalue weighted by Gasteiger charge is 2.20. The Morgan fingerprint density at radius 1 is 1.12 bits per heavy atom. The van der Waals surface area contributed by atoms with E-state index in [1.54, 1.807) is 11.3 Å². The predicted octanol–water partition coefficient (Wildman–Crippen LogP) is 4.28. The molecule has 1 fully saturated rings. The second kappa shape index (κ2) is 6.69. The van der Waals surface area contributed by atoms with Gasteiger partial charge in [-0.3, -0.25) is 0 Å². The normalized spacial score (nSPS) is 15.6. The lowest BCUT2D eigenvalue weighted by Crippen LogP contribution is -2.35. The molecule has 0 amide bonds. The first-order valence-corrected chi connectivity index (χ1v) is 9.44. The molecule has 0 radical (unpaired) electrons. The zero-order valence-corrected chi connectivity index (χ0v) is 15.2. The van der Waals surface area contributed by atoms with Gasteiger partial charge in [0.15, 0.2) is 0 Å². The van der Waals surface area contributed by atoms with Gasteiger partial charge in [-0.1, -0.05) is 12.1 Å². The van der Waals surface area contributed by atoms with Crippen LogP contribution in [0.25, 0.3) is 21.3 Å². The van der Waals surface area contributed by atoms with Crippen LogP contribution in [0.5, 0.6) is 0 Å². The summed E-state index contributed by atoms with van der Waals surface area (Å²) >= 11 is 1.67. The Bertz CT molecular complexity index is 898. The van der Waals surface area contributed by atoms with E-state index >= 15 is 0 Å². The molecule has 3 aromatic rings. The van der Waals surface area contributed by atoms with Crippen LogP contribution in [-0.2, 0) is 0 Å². The van der Waals surface area contributed by atoms with Crippen LogP contribution in [-0.4, -0.2) is 29.1 Å². The van der Waals surface area contributed by atoms with Crippen LogP contribution in [0.15, 0.2) is 24.3 Å². The van der Waals surface area contributed by atoms with Crippen molar-refractivity contribution in [2.75, 3.05) is 18.4 Å². The molecule has 6 heteroatoms. The minimum Gasteiger partial charge on any atom is -0.367 e. The van der Waals surface area contributed by atoms with Gasteiger partial charge in [-0.25, -0.2) is 14.4 Å². The Labute approximate surface area is 150 Å². The molecular weight excluding hydrogens is 335 g/mol. The lowest BCUT2D eigenvalue weighted by Gasteiger charge is -2.24. The summed E-state index contributed by atoms with van der Waals surface area (Å²) in [6.07, 6.45) is 2.17. The molecular formula is C19H21FN4S. The van der Waals surface area contributed by atoms with Crippen LogP contribution in [0.3, 0.4) is 0 Å². The standard InChI is InChI=1S/C19H21FN4S/c1-11-16(13-3-5-14(20)6-4-13)17-18(22-12(2)23-19(17)25-11)24-15-7-9-21-10-8-15/h3-6,15,21H,7-10H2,1-2H3,(H,22,23,24). The van der Waals surface area contributed by atoms with Crippen LogP contribution in [0.1, 0.15) is 23.5 Å². The Hall–Kier alpha value is -2.05. The van der Waals surface area contributed by atoms with Gasteiger partial charge in [0.25, 0.3) is 0 Å². The highest BCUT2D eigenvalue weighted by Crippen LogP contribution is 2.41. The fourth-order valence-corrected chi connectivity index (χ4v) is 4.54. The Morgan fingerprint density at radius 3 is 2.56 bits per heavy atom. The number of piperidine rings is 1. The predicted molar refractivity (Wildman–Crippen MR) is 102 cm³/mol. The summed E-state index contributed by atoms with van der Waals surface area (Å²) in [7, 11) is 0. The number of anilines is 1. The SMILES string of the molecule is Cc1nc(NC2CCNCC2)c2c(-c3ccc(F)cc3)c(C)sc2n1. The van der Waals surface area contributed by atoms with Gasteiger partial charge in [0.05, 0.1) is 5.39 Å². The first-order chi connectivity index (χ1) is 12.1. The fourth-order valence-electron chi connectivity index (χ4n) is 3.45. The van der Waals surface area contributed by atoms with E-state index in [-0.39, 0.29) is 5.82 Å². The molecule has 4 rings (SSSR count). The number of fused-ring (bicyclic) bond motifs is 1. The van der Waals surface area contributed by atoms with Gasteiger partial charge in [0.2, 0.25) is 0 Å². The summed E-state index contributed by atoms with van der Waals surface area (Å²) in [6.45, 7) is 6.07. The van der Waals surface area contributed by atoms with Crippen molar-refractivity contribution in [3.05, 3.63) is 40.8 Å². The summed E-state index contributed by atoms with van der Waals surface area (Å²) < 4.78 is 13.3. The number of hydrogen-bond acceptors (Lipinski definition) is 5. The zero-order valence-electron chi connectivity index (χ0n) is 14.4. The molecule has 2 N–H and O–H groups in total. The molecule has 2 aromatic heterocycles. The fraction of sp³-hybridized carbons (Fsp3) is 0.368. The van der Waals surface area contributed by atoms with E-state index in [1.165, 1.54) is 17.0 Å². The summed E-state index contributed by atoms with van der Waals surface area (Å²) in [6, 6.07) is 7.09. The van der Waals surface area contributed by atoms with Gasteiger partial charge in [0.1, 0.15) is 22.3 Å². The van der Waals surface area contributed by atoms with E-state index < -0.39 is 0 Å². The number of halogens is 1. The van der Waals surface area contributed by atoms with Crippen molar-refractivity contribution in [2.24, 2.45) is 0 Å². The highest BCUT2D eigenvalue weighted by atomic mass is 32.1. The molecule has 130 valence electrons. The first-order valence-electron chi connectivity index (χ1n) is 8.63. The maximum absolute atomic E-state index is 13.3. The van der Waals surface area contributed by atoms with Crippen molar-refractivity contribution in [3.8, 4) is 11.1 Å². The third-order valence-corrected chi connectivity index (χ3v) is 5.65. The van der Waals surface area contributed by atoms with E-state index in [9.17, 15) is 4.39 Å². The summed E-state index contributed by atoms with van der Waals surface area (Å²) in [4.78, 5) is 11.5. The Kier molecular flexibility index (Phi) is 4.39. The minimum absolute atomic E-state index is 0.221. The van der Waals surface area contributed by atoms with Crippen molar-refractivity contribution in [1.29, 1.82) is 0 Å². The number of hydrogen-bond donors (Lipinski definition) is 2.